The maximum atomic E-state index is 11.6. The summed E-state index contributed by atoms with van der Waals surface area (Å²) in [5.74, 6) is -0.875. The minimum atomic E-state index is -0.223. The highest BCUT2D eigenvalue weighted by Gasteiger charge is 2.04. The highest BCUT2D eigenvalue weighted by molar-refractivity contribution is 5.77. The van der Waals surface area contributed by atoms with Gasteiger partial charge in [-0.25, -0.2) is 0 Å². The number of carbonyl (C=O) groups excluding carboxylic acids is 4. The highest BCUT2D eigenvalue weighted by atomic mass is 16.5. The zero-order chi connectivity index (χ0) is 22.5. The van der Waals surface area contributed by atoms with Crippen LogP contribution in [-0.4, -0.2) is 77.5 Å². The van der Waals surface area contributed by atoms with Crippen molar-refractivity contribution in [3.05, 3.63) is 0 Å². The lowest BCUT2D eigenvalue weighted by Gasteiger charge is -2.08. The molecule has 2 amide bonds. The van der Waals surface area contributed by atoms with E-state index in [1.165, 1.54) is 14.2 Å². The summed E-state index contributed by atoms with van der Waals surface area (Å²) in [6.07, 6.45) is 5.49. The van der Waals surface area contributed by atoms with Crippen molar-refractivity contribution in [2.75, 3.05) is 53.7 Å². The number of hydrogen-bond donors (Lipinski definition) is 2. The summed E-state index contributed by atoms with van der Waals surface area (Å²) < 4.78 is 19.5. The summed E-state index contributed by atoms with van der Waals surface area (Å²) >= 11 is 0. The van der Waals surface area contributed by atoms with E-state index in [1.54, 1.807) is 0 Å². The van der Waals surface area contributed by atoms with Crippen LogP contribution in [0.3, 0.4) is 0 Å². The van der Waals surface area contributed by atoms with Gasteiger partial charge in [0.25, 0.3) is 0 Å². The Morgan fingerprint density at radius 2 is 1.00 bits per heavy atom. The fraction of sp³-hybridized carbons (Fsp3) is 0.800. The van der Waals surface area contributed by atoms with Crippen LogP contribution >= 0.6 is 0 Å². The Labute approximate surface area is 178 Å². The van der Waals surface area contributed by atoms with Gasteiger partial charge in [0.2, 0.25) is 11.8 Å². The minimum absolute atomic E-state index is 0.0662. The Morgan fingerprint density at radius 3 is 1.37 bits per heavy atom. The molecule has 10 heteroatoms. The number of ether oxygens (including phenoxy) is 4. The molecule has 0 aliphatic rings. The summed E-state index contributed by atoms with van der Waals surface area (Å²) in [5.41, 5.74) is 0. The van der Waals surface area contributed by atoms with Crippen LogP contribution in [0.15, 0.2) is 0 Å². The number of unbranched alkanes of at least 4 members (excludes halogenated alkanes) is 4. The quantitative estimate of drug-likeness (QED) is 0.226. The van der Waals surface area contributed by atoms with Crippen molar-refractivity contribution in [3.8, 4) is 0 Å². The van der Waals surface area contributed by atoms with Crippen molar-refractivity contribution in [2.24, 2.45) is 0 Å². The van der Waals surface area contributed by atoms with Crippen molar-refractivity contribution in [1.82, 2.24) is 10.6 Å². The molecule has 0 aromatic carbocycles. The maximum Gasteiger partial charge on any atom is 0.305 e. The van der Waals surface area contributed by atoms with Crippen LogP contribution in [-0.2, 0) is 38.1 Å². The Bertz CT molecular complexity index is 455. The normalized spacial score (nSPS) is 10.3. The minimum Gasteiger partial charge on any atom is -0.469 e. The van der Waals surface area contributed by atoms with Gasteiger partial charge in [0.05, 0.1) is 27.4 Å². The van der Waals surface area contributed by atoms with Gasteiger partial charge < -0.3 is 29.6 Å². The van der Waals surface area contributed by atoms with Crippen LogP contribution in [0.4, 0.5) is 0 Å². The third-order valence-corrected chi connectivity index (χ3v) is 4.05. The van der Waals surface area contributed by atoms with E-state index in [0.717, 1.165) is 38.5 Å². The molecule has 0 fully saturated rings. The number of amides is 2. The Morgan fingerprint density at radius 1 is 0.600 bits per heavy atom. The van der Waals surface area contributed by atoms with Crippen molar-refractivity contribution in [2.45, 2.75) is 51.4 Å². The van der Waals surface area contributed by atoms with E-state index >= 15 is 0 Å². The fourth-order valence-electron chi connectivity index (χ4n) is 2.35. The summed E-state index contributed by atoms with van der Waals surface area (Å²) in [6.45, 7) is 1.36. The Balaban J connectivity index is 3.37. The summed E-state index contributed by atoms with van der Waals surface area (Å²) in [5, 5.41) is 5.46. The van der Waals surface area contributed by atoms with Gasteiger partial charge in [-0.2, -0.15) is 0 Å². The SMILES string of the molecule is COC(=O)CCCCCNC(=O)COCCOCC(=O)NCCCCCC(=O)OC. The van der Waals surface area contributed by atoms with Crippen LogP contribution in [0, 0.1) is 0 Å². The second-order valence-electron chi connectivity index (χ2n) is 6.58. The molecule has 0 unspecified atom stereocenters. The molecule has 0 rings (SSSR count). The molecular weight excluding hydrogens is 396 g/mol. The molecule has 10 nitrogen and oxygen atoms in total. The third kappa shape index (κ3) is 19.1. The molecule has 174 valence electrons. The molecular formula is C20H36N2O8. The van der Waals surface area contributed by atoms with E-state index in [-0.39, 0.29) is 50.2 Å². The van der Waals surface area contributed by atoms with Crippen LogP contribution in [0.2, 0.25) is 0 Å². The van der Waals surface area contributed by atoms with Gasteiger partial charge in [-0.1, -0.05) is 12.8 Å². The monoisotopic (exact) mass is 432 g/mol. The molecule has 30 heavy (non-hydrogen) atoms. The fourth-order valence-corrected chi connectivity index (χ4v) is 2.35. The van der Waals surface area contributed by atoms with Crippen molar-refractivity contribution >= 4 is 23.8 Å². The zero-order valence-corrected chi connectivity index (χ0v) is 18.2. The molecule has 0 bridgehead atoms. The number of carbonyl (C=O) groups is 4. The van der Waals surface area contributed by atoms with E-state index in [0.29, 0.717) is 25.9 Å². The van der Waals surface area contributed by atoms with Crippen molar-refractivity contribution in [1.29, 1.82) is 0 Å². The lowest BCUT2D eigenvalue weighted by molar-refractivity contribution is -0.141. The van der Waals surface area contributed by atoms with Gasteiger partial charge in [0.15, 0.2) is 0 Å². The average molecular weight is 433 g/mol. The average Bonchev–Trinajstić information content (AvgIpc) is 2.74. The molecule has 0 saturated heterocycles. The molecule has 2 N–H and O–H groups in total. The number of hydrogen-bond acceptors (Lipinski definition) is 8. The van der Waals surface area contributed by atoms with Gasteiger partial charge in [-0.15, -0.1) is 0 Å². The molecule has 0 aliphatic heterocycles. The molecule has 0 radical (unpaired) electrons. The van der Waals surface area contributed by atoms with Crippen LogP contribution in [0.25, 0.3) is 0 Å². The number of rotatable bonds is 19. The van der Waals surface area contributed by atoms with Gasteiger partial charge in [-0.3, -0.25) is 19.2 Å². The predicted molar refractivity (Wildman–Crippen MR) is 109 cm³/mol. The van der Waals surface area contributed by atoms with Crippen LogP contribution < -0.4 is 10.6 Å². The third-order valence-electron chi connectivity index (χ3n) is 4.05. The first-order valence-electron chi connectivity index (χ1n) is 10.3. The number of esters is 2. The van der Waals surface area contributed by atoms with E-state index in [9.17, 15) is 19.2 Å². The smallest absolute Gasteiger partial charge is 0.305 e. The molecule has 0 spiro atoms. The Hall–Kier alpha value is -2.20. The van der Waals surface area contributed by atoms with Gasteiger partial charge in [-0.05, 0) is 25.7 Å². The van der Waals surface area contributed by atoms with Crippen LogP contribution in [0.1, 0.15) is 51.4 Å². The lowest BCUT2D eigenvalue weighted by Crippen LogP contribution is -2.30. The summed E-state index contributed by atoms with van der Waals surface area (Å²) in [6, 6.07) is 0. The van der Waals surface area contributed by atoms with Gasteiger partial charge >= 0.3 is 11.9 Å². The van der Waals surface area contributed by atoms with Gasteiger partial charge in [0, 0.05) is 25.9 Å². The largest absolute Gasteiger partial charge is 0.469 e. The molecule has 0 saturated carbocycles. The van der Waals surface area contributed by atoms with E-state index in [2.05, 4.69) is 20.1 Å². The number of methoxy groups -OCH3 is 2. The second-order valence-corrected chi connectivity index (χ2v) is 6.58. The second kappa shape index (κ2) is 20.1. The number of nitrogens with one attached hydrogen (secondary N) is 2. The van der Waals surface area contributed by atoms with Crippen molar-refractivity contribution < 1.29 is 38.1 Å². The van der Waals surface area contributed by atoms with E-state index in [4.69, 9.17) is 9.47 Å². The van der Waals surface area contributed by atoms with Crippen LogP contribution in [0.5, 0.6) is 0 Å². The molecule has 0 aromatic rings. The zero-order valence-electron chi connectivity index (χ0n) is 18.2. The lowest BCUT2D eigenvalue weighted by atomic mass is 10.2. The van der Waals surface area contributed by atoms with Gasteiger partial charge in [0.1, 0.15) is 13.2 Å². The highest BCUT2D eigenvalue weighted by Crippen LogP contribution is 2.00. The van der Waals surface area contributed by atoms with E-state index < -0.39 is 0 Å². The molecule has 0 aliphatic carbocycles. The first-order valence-corrected chi connectivity index (χ1v) is 10.3. The van der Waals surface area contributed by atoms with Crippen molar-refractivity contribution in [3.63, 3.8) is 0 Å². The molecule has 0 heterocycles. The molecule has 0 aromatic heterocycles. The predicted octanol–water partition coefficient (Wildman–Crippen LogP) is 0.719. The van der Waals surface area contributed by atoms with E-state index in [1.807, 2.05) is 0 Å². The summed E-state index contributed by atoms with van der Waals surface area (Å²) in [4.78, 5) is 45.0. The molecule has 0 atom stereocenters. The standard InChI is InChI=1S/C20H36N2O8/c1-27-19(25)9-5-3-7-11-21-17(23)15-29-13-14-30-16-18(24)22-12-8-4-6-10-20(26)28-2/h3-16H2,1-2H3,(H,21,23)(H,22,24). The first-order chi connectivity index (χ1) is 14.5. The topological polar surface area (TPSA) is 129 Å². The maximum absolute atomic E-state index is 11.6. The Kier molecular flexibility index (Phi) is 18.6. The summed E-state index contributed by atoms with van der Waals surface area (Å²) in [7, 11) is 2.73. The first kappa shape index (κ1) is 27.8.